The van der Waals surface area contributed by atoms with Gasteiger partial charge < -0.3 is 10.1 Å². The molecule has 2 saturated heterocycles. The zero-order valence-electron chi connectivity index (χ0n) is 11.9. The Hall–Kier alpha value is -1.53. The minimum Gasteiger partial charge on any atom is -0.378 e. The molecule has 1 N–H and O–H groups in total. The molecule has 0 aromatic heterocycles. The van der Waals surface area contributed by atoms with Crippen LogP contribution in [-0.4, -0.2) is 43.2 Å². The van der Waals surface area contributed by atoms with Crippen LogP contribution in [0.1, 0.15) is 11.1 Å². The summed E-state index contributed by atoms with van der Waals surface area (Å²) in [5.74, 6) is -1.86. The third kappa shape index (κ3) is 2.91. The molecule has 4 nitrogen and oxygen atoms in total. The Morgan fingerprint density at radius 3 is 2.90 bits per heavy atom. The quantitative estimate of drug-likeness (QED) is 0.892. The largest absolute Gasteiger partial charge is 0.378 e. The smallest absolute Gasteiger partial charge is 0.227 e. The van der Waals surface area contributed by atoms with Crippen molar-refractivity contribution in [1.82, 2.24) is 10.2 Å². The number of aryl methyl sites for hydroxylation is 1. The lowest BCUT2D eigenvalue weighted by Crippen LogP contribution is -2.41. The topological polar surface area (TPSA) is 41.6 Å². The molecular formula is C15H18F2N2O2. The fourth-order valence-corrected chi connectivity index (χ4v) is 2.90. The number of ether oxygens (including phenoxy) is 1. The van der Waals surface area contributed by atoms with E-state index in [0.717, 1.165) is 0 Å². The van der Waals surface area contributed by atoms with Gasteiger partial charge in [-0.3, -0.25) is 9.69 Å². The fraction of sp³-hybridized carbons (Fsp3) is 0.533. The van der Waals surface area contributed by atoms with Crippen LogP contribution in [0.5, 0.6) is 0 Å². The lowest BCUT2D eigenvalue weighted by atomic mass is 10.1. The molecule has 1 amide bonds. The number of carbonyl (C=O) groups is 1. The summed E-state index contributed by atoms with van der Waals surface area (Å²) >= 11 is 0. The van der Waals surface area contributed by atoms with Gasteiger partial charge in [0.15, 0.2) is 11.6 Å². The van der Waals surface area contributed by atoms with Gasteiger partial charge >= 0.3 is 0 Å². The summed E-state index contributed by atoms with van der Waals surface area (Å²) in [5, 5.41) is 2.92. The van der Waals surface area contributed by atoms with Crippen LogP contribution in [-0.2, 0) is 16.1 Å². The molecule has 0 aliphatic carbocycles. The maximum atomic E-state index is 14.0. The van der Waals surface area contributed by atoms with Gasteiger partial charge in [-0.1, -0.05) is 12.1 Å². The van der Waals surface area contributed by atoms with E-state index in [1.807, 2.05) is 4.90 Å². The Bertz CT molecular complexity index is 565. The number of benzene rings is 1. The first-order chi connectivity index (χ1) is 10.0. The van der Waals surface area contributed by atoms with Crippen molar-refractivity contribution in [3.63, 3.8) is 0 Å². The number of halogens is 2. The lowest BCUT2D eigenvalue weighted by molar-refractivity contribution is -0.125. The van der Waals surface area contributed by atoms with E-state index in [2.05, 4.69) is 5.32 Å². The molecule has 2 aliphatic heterocycles. The van der Waals surface area contributed by atoms with Gasteiger partial charge in [-0.15, -0.1) is 0 Å². The average molecular weight is 296 g/mol. The van der Waals surface area contributed by atoms with Crippen molar-refractivity contribution in [3.05, 3.63) is 34.9 Å². The average Bonchev–Trinajstić information content (AvgIpc) is 2.68. The van der Waals surface area contributed by atoms with Gasteiger partial charge in [-0.2, -0.15) is 0 Å². The van der Waals surface area contributed by atoms with Gasteiger partial charge in [0.05, 0.1) is 25.2 Å². The zero-order chi connectivity index (χ0) is 15.0. The molecule has 2 atom stereocenters. The molecule has 2 aliphatic rings. The van der Waals surface area contributed by atoms with Crippen LogP contribution in [0.4, 0.5) is 8.78 Å². The van der Waals surface area contributed by atoms with Crippen molar-refractivity contribution in [1.29, 1.82) is 0 Å². The Morgan fingerprint density at radius 2 is 2.10 bits per heavy atom. The molecule has 0 unspecified atom stereocenters. The predicted octanol–water partition coefficient (Wildman–Crippen LogP) is 1.22. The van der Waals surface area contributed by atoms with Crippen LogP contribution in [0, 0.1) is 24.5 Å². The summed E-state index contributed by atoms with van der Waals surface area (Å²) in [7, 11) is 0. The van der Waals surface area contributed by atoms with Crippen LogP contribution < -0.4 is 5.32 Å². The second-order valence-corrected chi connectivity index (χ2v) is 5.80. The molecule has 114 valence electrons. The highest BCUT2D eigenvalue weighted by molar-refractivity contribution is 5.79. The number of hydrogen-bond acceptors (Lipinski definition) is 3. The van der Waals surface area contributed by atoms with E-state index in [4.69, 9.17) is 4.74 Å². The van der Waals surface area contributed by atoms with E-state index in [0.29, 0.717) is 44.0 Å². The number of carbonyl (C=O) groups excluding carboxylic acids is 1. The summed E-state index contributed by atoms with van der Waals surface area (Å²) in [6.45, 7) is 3.75. The Labute approximate surface area is 122 Å². The van der Waals surface area contributed by atoms with Gasteiger partial charge in [0, 0.05) is 25.2 Å². The molecule has 2 fully saturated rings. The first-order valence-corrected chi connectivity index (χ1v) is 7.08. The standard InChI is InChI=1S/C15H18F2N2O2/c1-9-2-3-10(14(17)13(9)16)4-19-5-11-7-21-8-12(6-19)18-15(11)20/h2-3,11-12H,4-8H2,1H3,(H,18,20)/t11-,12+/m1/s1. The van der Waals surface area contributed by atoms with Crippen molar-refractivity contribution < 1.29 is 18.3 Å². The molecule has 21 heavy (non-hydrogen) atoms. The summed E-state index contributed by atoms with van der Waals surface area (Å²) < 4.78 is 33.1. The SMILES string of the molecule is Cc1ccc(CN2C[C@H]3COC[C@@H](C2)C(=O)N3)c(F)c1F. The van der Waals surface area contributed by atoms with Crippen molar-refractivity contribution in [2.24, 2.45) is 5.92 Å². The highest BCUT2D eigenvalue weighted by atomic mass is 19.2. The third-order valence-corrected chi connectivity index (χ3v) is 4.06. The van der Waals surface area contributed by atoms with Crippen molar-refractivity contribution in [2.75, 3.05) is 26.3 Å². The highest BCUT2D eigenvalue weighted by Crippen LogP contribution is 2.20. The molecule has 3 rings (SSSR count). The summed E-state index contributed by atoms with van der Waals surface area (Å²) in [4.78, 5) is 13.9. The number of nitrogens with zero attached hydrogens (tertiary/aromatic N) is 1. The van der Waals surface area contributed by atoms with Gasteiger partial charge in [0.25, 0.3) is 0 Å². The van der Waals surface area contributed by atoms with E-state index in [1.165, 1.54) is 0 Å². The molecule has 2 bridgehead atoms. The van der Waals surface area contributed by atoms with E-state index in [9.17, 15) is 13.6 Å². The van der Waals surface area contributed by atoms with Crippen LogP contribution in [0.25, 0.3) is 0 Å². The Kier molecular flexibility index (Phi) is 3.91. The first-order valence-electron chi connectivity index (χ1n) is 7.08. The Balaban J connectivity index is 1.79. The van der Waals surface area contributed by atoms with Crippen LogP contribution >= 0.6 is 0 Å². The van der Waals surface area contributed by atoms with Gasteiger partial charge in [-0.05, 0) is 12.5 Å². The minimum absolute atomic E-state index is 0.0180. The summed E-state index contributed by atoms with van der Waals surface area (Å²) in [6.07, 6.45) is 0. The highest BCUT2D eigenvalue weighted by Gasteiger charge is 2.33. The molecule has 0 saturated carbocycles. The van der Waals surface area contributed by atoms with Crippen LogP contribution in [0.15, 0.2) is 12.1 Å². The number of hydrogen-bond donors (Lipinski definition) is 1. The number of fused-ring (bicyclic) bond motifs is 3. The van der Waals surface area contributed by atoms with E-state index >= 15 is 0 Å². The van der Waals surface area contributed by atoms with Crippen LogP contribution in [0.3, 0.4) is 0 Å². The van der Waals surface area contributed by atoms with Crippen molar-refractivity contribution in [3.8, 4) is 0 Å². The van der Waals surface area contributed by atoms with Crippen LogP contribution in [0.2, 0.25) is 0 Å². The fourth-order valence-electron chi connectivity index (χ4n) is 2.90. The van der Waals surface area contributed by atoms with Crippen molar-refractivity contribution >= 4 is 5.91 Å². The first kappa shape index (κ1) is 14.4. The Morgan fingerprint density at radius 1 is 1.29 bits per heavy atom. The molecular weight excluding hydrogens is 278 g/mol. The van der Waals surface area contributed by atoms with E-state index in [1.54, 1.807) is 19.1 Å². The second-order valence-electron chi connectivity index (χ2n) is 5.80. The minimum atomic E-state index is -0.792. The molecule has 0 spiro atoms. The van der Waals surface area contributed by atoms with Gasteiger partial charge in [0.2, 0.25) is 5.91 Å². The normalized spacial score (nSPS) is 26.3. The molecule has 6 heteroatoms. The number of amides is 1. The predicted molar refractivity (Wildman–Crippen MR) is 72.6 cm³/mol. The van der Waals surface area contributed by atoms with Gasteiger partial charge in [0.1, 0.15) is 0 Å². The summed E-state index contributed by atoms with van der Waals surface area (Å²) in [6, 6.07) is 3.10. The lowest BCUT2D eigenvalue weighted by Gasteiger charge is -2.27. The third-order valence-electron chi connectivity index (χ3n) is 4.06. The molecule has 2 heterocycles. The van der Waals surface area contributed by atoms with E-state index in [-0.39, 0.29) is 17.9 Å². The summed E-state index contributed by atoms with van der Waals surface area (Å²) in [5.41, 5.74) is 0.626. The van der Waals surface area contributed by atoms with Crippen molar-refractivity contribution in [2.45, 2.75) is 19.5 Å². The van der Waals surface area contributed by atoms with E-state index < -0.39 is 11.6 Å². The number of nitrogens with one attached hydrogen (secondary N) is 1. The van der Waals surface area contributed by atoms with Gasteiger partial charge in [-0.25, -0.2) is 8.78 Å². The second kappa shape index (κ2) is 5.69. The monoisotopic (exact) mass is 296 g/mol. The maximum absolute atomic E-state index is 14.0. The molecule has 1 aromatic rings. The number of rotatable bonds is 2. The molecule has 1 aromatic carbocycles. The molecule has 0 radical (unpaired) electrons. The zero-order valence-corrected chi connectivity index (χ0v) is 11.9. The maximum Gasteiger partial charge on any atom is 0.227 e.